The van der Waals surface area contributed by atoms with E-state index >= 15 is 0 Å². The molecule has 1 saturated heterocycles. The number of para-hydroxylation sites is 1. The van der Waals surface area contributed by atoms with Crippen molar-refractivity contribution in [1.29, 1.82) is 0 Å². The van der Waals surface area contributed by atoms with Gasteiger partial charge in [0.05, 0.1) is 18.8 Å². The van der Waals surface area contributed by atoms with Crippen molar-refractivity contribution in [2.75, 3.05) is 23.8 Å². The summed E-state index contributed by atoms with van der Waals surface area (Å²) in [5.74, 6) is 1.67. The maximum atomic E-state index is 5.30. The molecule has 0 amide bonds. The van der Waals surface area contributed by atoms with Crippen molar-refractivity contribution in [2.24, 2.45) is 0 Å². The van der Waals surface area contributed by atoms with E-state index in [1.165, 1.54) is 0 Å². The molecule has 0 unspecified atom stereocenters. The molecule has 2 N–H and O–H groups in total. The normalized spacial score (nSPS) is 15.2. The molecule has 0 radical (unpaired) electrons. The number of benzene rings is 2. The molecule has 0 saturated carbocycles. The third-order valence-electron chi connectivity index (χ3n) is 3.95. The van der Waals surface area contributed by atoms with E-state index in [2.05, 4.69) is 32.5 Å². The van der Waals surface area contributed by atoms with E-state index in [0.717, 1.165) is 11.3 Å². The highest BCUT2D eigenvalue weighted by atomic mass is 16.5. The summed E-state index contributed by atoms with van der Waals surface area (Å²) >= 11 is 0. The van der Waals surface area contributed by atoms with Gasteiger partial charge < -0.3 is 15.4 Å². The Balaban J connectivity index is 1.69. The summed E-state index contributed by atoms with van der Waals surface area (Å²) in [6.07, 6.45) is 0. The van der Waals surface area contributed by atoms with E-state index in [-0.39, 0.29) is 5.54 Å². The van der Waals surface area contributed by atoms with Crippen LogP contribution in [0.5, 0.6) is 0 Å². The molecule has 1 aliphatic heterocycles. The van der Waals surface area contributed by atoms with Crippen LogP contribution in [-0.4, -0.2) is 33.7 Å². The first-order valence-corrected chi connectivity index (χ1v) is 8.20. The van der Waals surface area contributed by atoms with E-state index < -0.39 is 0 Å². The Morgan fingerprint density at radius 2 is 1.48 bits per heavy atom. The van der Waals surface area contributed by atoms with Gasteiger partial charge in [0.25, 0.3) is 0 Å². The number of rotatable bonds is 5. The van der Waals surface area contributed by atoms with Crippen LogP contribution in [0.4, 0.5) is 17.6 Å². The molecule has 0 atom stereocenters. The van der Waals surface area contributed by atoms with Crippen molar-refractivity contribution in [1.82, 2.24) is 15.0 Å². The third kappa shape index (κ3) is 3.59. The fourth-order valence-electron chi connectivity index (χ4n) is 2.60. The summed E-state index contributed by atoms with van der Waals surface area (Å²) in [6.45, 7) is 3.37. The summed E-state index contributed by atoms with van der Waals surface area (Å²) < 4.78 is 5.30. The van der Waals surface area contributed by atoms with Crippen LogP contribution < -0.4 is 10.6 Å². The Kier molecular flexibility index (Phi) is 4.03. The molecule has 0 spiro atoms. The first-order valence-electron chi connectivity index (χ1n) is 8.20. The Hall–Kier alpha value is -2.99. The number of nitrogens with zero attached hydrogens (tertiary/aromatic N) is 3. The molecule has 6 nitrogen and oxygen atoms in total. The van der Waals surface area contributed by atoms with Crippen molar-refractivity contribution in [2.45, 2.75) is 12.5 Å². The Morgan fingerprint density at radius 3 is 2.12 bits per heavy atom. The Bertz CT molecular complexity index is 850. The van der Waals surface area contributed by atoms with E-state index in [1.807, 2.05) is 60.7 Å². The highest BCUT2D eigenvalue weighted by molar-refractivity contribution is 5.61. The summed E-state index contributed by atoms with van der Waals surface area (Å²) in [5.41, 5.74) is 1.73. The average Bonchev–Trinajstić information content (AvgIpc) is 2.62. The maximum absolute atomic E-state index is 5.30. The molecule has 25 heavy (non-hydrogen) atoms. The van der Waals surface area contributed by atoms with Gasteiger partial charge in [0.2, 0.25) is 11.9 Å². The van der Waals surface area contributed by atoms with Crippen molar-refractivity contribution < 1.29 is 4.74 Å². The lowest BCUT2D eigenvalue weighted by molar-refractivity contribution is -0.0322. The van der Waals surface area contributed by atoms with Crippen molar-refractivity contribution >= 4 is 17.6 Å². The van der Waals surface area contributed by atoms with E-state index in [9.17, 15) is 0 Å². The van der Waals surface area contributed by atoms with Crippen LogP contribution in [0.3, 0.4) is 0 Å². The molecule has 1 aliphatic rings. The number of hydrogen-bond donors (Lipinski definition) is 2. The quantitative estimate of drug-likeness (QED) is 0.745. The van der Waals surface area contributed by atoms with Gasteiger partial charge in [0.15, 0.2) is 5.82 Å². The van der Waals surface area contributed by atoms with Gasteiger partial charge in [-0.05, 0) is 19.1 Å². The van der Waals surface area contributed by atoms with Gasteiger partial charge >= 0.3 is 0 Å². The summed E-state index contributed by atoms with van der Waals surface area (Å²) in [6, 6.07) is 19.7. The van der Waals surface area contributed by atoms with E-state index in [0.29, 0.717) is 30.9 Å². The predicted octanol–water partition coefficient (Wildman–Crippen LogP) is 3.48. The number of anilines is 3. The zero-order valence-corrected chi connectivity index (χ0v) is 13.9. The smallest absolute Gasteiger partial charge is 0.232 e. The fourth-order valence-corrected chi connectivity index (χ4v) is 2.60. The molecule has 0 bridgehead atoms. The molecule has 1 aromatic heterocycles. The molecule has 4 rings (SSSR count). The van der Waals surface area contributed by atoms with Crippen LogP contribution in [-0.2, 0) is 4.74 Å². The second-order valence-electron chi connectivity index (χ2n) is 6.34. The zero-order chi connectivity index (χ0) is 17.1. The zero-order valence-electron chi connectivity index (χ0n) is 13.9. The third-order valence-corrected chi connectivity index (χ3v) is 3.95. The van der Waals surface area contributed by atoms with Crippen LogP contribution in [0.1, 0.15) is 6.92 Å². The first kappa shape index (κ1) is 15.5. The minimum atomic E-state index is -0.140. The highest BCUT2D eigenvalue weighted by Gasteiger charge is 2.34. The lowest BCUT2D eigenvalue weighted by atomic mass is 10.0. The molecular formula is C19H19N5O. The molecule has 2 aromatic carbocycles. The molecule has 126 valence electrons. The van der Waals surface area contributed by atoms with Crippen LogP contribution in [0.25, 0.3) is 11.4 Å². The highest BCUT2D eigenvalue weighted by Crippen LogP contribution is 2.24. The molecule has 0 aliphatic carbocycles. The van der Waals surface area contributed by atoms with Gasteiger partial charge in [-0.1, -0.05) is 48.5 Å². The second kappa shape index (κ2) is 6.49. The van der Waals surface area contributed by atoms with Crippen LogP contribution in [0.15, 0.2) is 60.7 Å². The number of nitrogens with one attached hydrogen (secondary N) is 2. The number of hydrogen-bond acceptors (Lipinski definition) is 6. The number of ether oxygens (including phenoxy) is 1. The minimum absolute atomic E-state index is 0.140. The lowest BCUT2D eigenvalue weighted by Gasteiger charge is -2.38. The second-order valence-corrected chi connectivity index (χ2v) is 6.34. The van der Waals surface area contributed by atoms with Crippen LogP contribution in [0.2, 0.25) is 0 Å². The summed E-state index contributed by atoms with van der Waals surface area (Å²) in [5, 5.41) is 6.61. The van der Waals surface area contributed by atoms with Crippen molar-refractivity contribution in [3.8, 4) is 11.4 Å². The molecule has 6 heteroatoms. The molecule has 2 heterocycles. The van der Waals surface area contributed by atoms with Gasteiger partial charge in [-0.25, -0.2) is 0 Å². The predicted molar refractivity (Wildman–Crippen MR) is 97.8 cm³/mol. The summed E-state index contributed by atoms with van der Waals surface area (Å²) in [7, 11) is 0. The van der Waals surface area contributed by atoms with Crippen molar-refractivity contribution in [3.63, 3.8) is 0 Å². The fraction of sp³-hybridized carbons (Fsp3) is 0.211. The van der Waals surface area contributed by atoms with Gasteiger partial charge in [0, 0.05) is 11.3 Å². The SMILES string of the molecule is CC1(Nc2nc(Nc3ccccc3)nc(-c3ccccc3)n2)COC1. The molecule has 1 fully saturated rings. The Morgan fingerprint density at radius 1 is 0.840 bits per heavy atom. The van der Waals surface area contributed by atoms with Gasteiger partial charge in [-0.15, -0.1) is 0 Å². The number of aromatic nitrogens is 3. The molecule has 3 aromatic rings. The van der Waals surface area contributed by atoms with Gasteiger partial charge in [0.1, 0.15) is 0 Å². The van der Waals surface area contributed by atoms with E-state index in [4.69, 9.17) is 4.74 Å². The Labute approximate surface area is 146 Å². The standard InChI is InChI=1S/C19H19N5O/c1-19(12-25-13-19)24-18-22-16(14-8-4-2-5-9-14)21-17(23-18)20-15-10-6-3-7-11-15/h2-11H,12-13H2,1H3,(H2,20,21,22,23,24). The largest absolute Gasteiger partial charge is 0.376 e. The van der Waals surface area contributed by atoms with E-state index in [1.54, 1.807) is 0 Å². The maximum Gasteiger partial charge on any atom is 0.232 e. The van der Waals surface area contributed by atoms with Gasteiger partial charge in [-0.3, -0.25) is 0 Å². The lowest BCUT2D eigenvalue weighted by Crippen LogP contribution is -2.53. The average molecular weight is 333 g/mol. The molecular weight excluding hydrogens is 314 g/mol. The topological polar surface area (TPSA) is 72.0 Å². The van der Waals surface area contributed by atoms with Crippen LogP contribution >= 0.6 is 0 Å². The summed E-state index contributed by atoms with van der Waals surface area (Å²) in [4.78, 5) is 13.7. The van der Waals surface area contributed by atoms with Crippen LogP contribution in [0, 0.1) is 0 Å². The minimum Gasteiger partial charge on any atom is -0.376 e. The van der Waals surface area contributed by atoms with Gasteiger partial charge in [-0.2, -0.15) is 15.0 Å². The first-order chi connectivity index (χ1) is 12.2. The van der Waals surface area contributed by atoms with Crippen molar-refractivity contribution in [3.05, 3.63) is 60.7 Å². The monoisotopic (exact) mass is 333 g/mol.